The third-order valence-electron chi connectivity index (χ3n) is 2.77. The van der Waals surface area contributed by atoms with Crippen molar-refractivity contribution in [2.24, 2.45) is 0 Å². The molecule has 1 aromatic carbocycles. The van der Waals surface area contributed by atoms with Gasteiger partial charge in [-0.1, -0.05) is 19.1 Å². The fourth-order valence-corrected chi connectivity index (χ4v) is 1.70. The zero-order valence-corrected chi connectivity index (χ0v) is 11.5. The minimum absolute atomic E-state index is 0.135. The summed E-state index contributed by atoms with van der Waals surface area (Å²) in [5.74, 6) is -0.332. The number of benzene rings is 1. The van der Waals surface area contributed by atoms with Crippen molar-refractivity contribution >= 4 is 5.97 Å². The van der Waals surface area contributed by atoms with Crippen LogP contribution in [-0.2, 0) is 16.1 Å². The fraction of sp³-hybridized carbons (Fsp3) is 0.533. The van der Waals surface area contributed by atoms with Gasteiger partial charge in [-0.2, -0.15) is 0 Å². The molecule has 0 aliphatic rings. The standard InChI is InChI=1S/C15H22FNO2/c1-2-15(18)19-10-5-3-4-9-17-12-13-7-6-8-14(16)11-13/h6-8,11,17H,2-5,9-10,12H2,1H3. The first-order valence-corrected chi connectivity index (χ1v) is 6.83. The van der Waals surface area contributed by atoms with Gasteiger partial charge in [0.25, 0.3) is 0 Å². The average Bonchev–Trinajstić information content (AvgIpc) is 2.41. The zero-order valence-electron chi connectivity index (χ0n) is 11.5. The van der Waals surface area contributed by atoms with E-state index >= 15 is 0 Å². The van der Waals surface area contributed by atoms with Gasteiger partial charge in [-0.25, -0.2) is 4.39 Å². The molecule has 0 saturated heterocycles. The van der Waals surface area contributed by atoms with Crippen LogP contribution in [0.5, 0.6) is 0 Å². The predicted octanol–water partition coefficient (Wildman–Crippen LogP) is 3.04. The molecule has 1 rings (SSSR count). The van der Waals surface area contributed by atoms with Crippen LogP contribution in [-0.4, -0.2) is 19.1 Å². The van der Waals surface area contributed by atoms with Crippen molar-refractivity contribution in [1.29, 1.82) is 0 Å². The second-order valence-corrected chi connectivity index (χ2v) is 4.44. The van der Waals surface area contributed by atoms with Gasteiger partial charge in [-0.15, -0.1) is 0 Å². The maximum absolute atomic E-state index is 12.9. The summed E-state index contributed by atoms with van der Waals surface area (Å²) in [4.78, 5) is 10.9. The highest BCUT2D eigenvalue weighted by atomic mass is 19.1. The van der Waals surface area contributed by atoms with Crippen molar-refractivity contribution in [1.82, 2.24) is 5.32 Å². The molecule has 0 bridgehead atoms. The fourth-order valence-electron chi connectivity index (χ4n) is 1.70. The quantitative estimate of drug-likeness (QED) is 0.552. The van der Waals surface area contributed by atoms with Crippen molar-refractivity contribution in [2.45, 2.75) is 39.2 Å². The van der Waals surface area contributed by atoms with Crippen LogP contribution in [0.2, 0.25) is 0 Å². The summed E-state index contributed by atoms with van der Waals surface area (Å²) >= 11 is 0. The molecular weight excluding hydrogens is 245 g/mol. The average molecular weight is 267 g/mol. The first-order chi connectivity index (χ1) is 9.22. The molecule has 4 heteroatoms. The van der Waals surface area contributed by atoms with E-state index in [1.165, 1.54) is 12.1 Å². The monoisotopic (exact) mass is 267 g/mol. The Morgan fingerprint density at radius 2 is 2.16 bits per heavy atom. The molecule has 1 N–H and O–H groups in total. The summed E-state index contributed by atoms with van der Waals surface area (Å²) in [5.41, 5.74) is 0.955. The van der Waals surface area contributed by atoms with Gasteiger partial charge in [-0.3, -0.25) is 4.79 Å². The summed E-state index contributed by atoms with van der Waals surface area (Å²) < 4.78 is 17.9. The molecule has 19 heavy (non-hydrogen) atoms. The Labute approximate surface area is 114 Å². The number of carbonyl (C=O) groups is 1. The number of esters is 1. The number of rotatable bonds is 9. The predicted molar refractivity (Wildman–Crippen MR) is 73.2 cm³/mol. The van der Waals surface area contributed by atoms with Crippen molar-refractivity contribution in [3.05, 3.63) is 35.6 Å². The highest BCUT2D eigenvalue weighted by Crippen LogP contribution is 2.03. The summed E-state index contributed by atoms with van der Waals surface area (Å²) in [6, 6.07) is 6.60. The third kappa shape index (κ3) is 7.57. The van der Waals surface area contributed by atoms with E-state index in [0.717, 1.165) is 31.4 Å². The molecule has 3 nitrogen and oxygen atoms in total. The molecule has 1 aromatic rings. The van der Waals surface area contributed by atoms with Crippen LogP contribution in [0.25, 0.3) is 0 Å². The molecule has 0 aliphatic heterocycles. The van der Waals surface area contributed by atoms with E-state index in [2.05, 4.69) is 5.32 Å². The minimum Gasteiger partial charge on any atom is -0.466 e. The molecular formula is C15H22FNO2. The van der Waals surface area contributed by atoms with E-state index in [0.29, 0.717) is 19.6 Å². The smallest absolute Gasteiger partial charge is 0.305 e. The van der Waals surface area contributed by atoms with Crippen molar-refractivity contribution < 1.29 is 13.9 Å². The molecule has 106 valence electrons. The lowest BCUT2D eigenvalue weighted by Crippen LogP contribution is -2.15. The van der Waals surface area contributed by atoms with Crippen LogP contribution in [0.15, 0.2) is 24.3 Å². The summed E-state index contributed by atoms with van der Waals surface area (Å²) in [7, 11) is 0. The largest absolute Gasteiger partial charge is 0.466 e. The number of ether oxygens (including phenoxy) is 1. The van der Waals surface area contributed by atoms with E-state index < -0.39 is 0 Å². The van der Waals surface area contributed by atoms with E-state index in [9.17, 15) is 9.18 Å². The van der Waals surface area contributed by atoms with Crippen LogP contribution in [0.4, 0.5) is 4.39 Å². The first kappa shape index (κ1) is 15.6. The van der Waals surface area contributed by atoms with Crippen molar-refractivity contribution in [3.63, 3.8) is 0 Å². The molecule has 0 spiro atoms. The van der Waals surface area contributed by atoms with Crippen molar-refractivity contribution in [2.75, 3.05) is 13.2 Å². The Morgan fingerprint density at radius 1 is 1.32 bits per heavy atom. The lowest BCUT2D eigenvalue weighted by atomic mass is 10.2. The number of halogens is 1. The Bertz CT molecular complexity index is 382. The number of nitrogens with one attached hydrogen (secondary N) is 1. The van der Waals surface area contributed by atoms with Gasteiger partial charge in [0.15, 0.2) is 0 Å². The summed E-state index contributed by atoms with van der Waals surface area (Å²) in [5, 5.41) is 3.27. The number of unbranched alkanes of at least 4 members (excludes halogenated alkanes) is 2. The van der Waals surface area contributed by atoms with Gasteiger partial charge in [0.05, 0.1) is 6.61 Å². The molecule has 0 amide bonds. The Kier molecular flexibility index (Phi) is 7.82. The highest BCUT2D eigenvalue weighted by Gasteiger charge is 1.98. The molecule has 0 atom stereocenters. The van der Waals surface area contributed by atoms with Gasteiger partial charge in [-0.05, 0) is 43.5 Å². The van der Waals surface area contributed by atoms with Gasteiger partial charge in [0, 0.05) is 13.0 Å². The Balaban J connectivity index is 1.95. The molecule has 0 heterocycles. The Hall–Kier alpha value is -1.42. The number of hydrogen-bond acceptors (Lipinski definition) is 3. The lowest BCUT2D eigenvalue weighted by Gasteiger charge is -2.05. The maximum Gasteiger partial charge on any atom is 0.305 e. The van der Waals surface area contributed by atoms with Crippen LogP contribution in [0.3, 0.4) is 0 Å². The van der Waals surface area contributed by atoms with Gasteiger partial charge < -0.3 is 10.1 Å². The number of hydrogen-bond donors (Lipinski definition) is 1. The van der Waals surface area contributed by atoms with E-state index in [1.54, 1.807) is 13.0 Å². The molecule has 0 aromatic heterocycles. The van der Waals surface area contributed by atoms with E-state index in [-0.39, 0.29) is 11.8 Å². The van der Waals surface area contributed by atoms with Gasteiger partial charge in [0.2, 0.25) is 0 Å². The summed E-state index contributed by atoms with van der Waals surface area (Å²) in [6.45, 7) is 3.87. The topological polar surface area (TPSA) is 38.3 Å². The van der Waals surface area contributed by atoms with Gasteiger partial charge in [0.1, 0.15) is 5.82 Å². The first-order valence-electron chi connectivity index (χ1n) is 6.83. The van der Waals surface area contributed by atoms with E-state index in [4.69, 9.17) is 4.74 Å². The van der Waals surface area contributed by atoms with Crippen LogP contribution >= 0.6 is 0 Å². The van der Waals surface area contributed by atoms with Gasteiger partial charge >= 0.3 is 5.97 Å². The zero-order chi connectivity index (χ0) is 13.9. The second-order valence-electron chi connectivity index (χ2n) is 4.44. The van der Waals surface area contributed by atoms with Crippen molar-refractivity contribution in [3.8, 4) is 0 Å². The molecule has 0 unspecified atom stereocenters. The van der Waals surface area contributed by atoms with Crippen LogP contribution in [0, 0.1) is 5.82 Å². The lowest BCUT2D eigenvalue weighted by molar-refractivity contribution is -0.143. The third-order valence-corrected chi connectivity index (χ3v) is 2.77. The van der Waals surface area contributed by atoms with Crippen LogP contribution in [0.1, 0.15) is 38.2 Å². The van der Waals surface area contributed by atoms with Crippen LogP contribution < -0.4 is 5.32 Å². The molecule has 0 fully saturated rings. The Morgan fingerprint density at radius 3 is 2.89 bits per heavy atom. The summed E-state index contributed by atoms with van der Waals surface area (Å²) in [6.07, 6.45) is 3.38. The molecule has 0 radical (unpaired) electrons. The molecule has 0 saturated carbocycles. The van der Waals surface area contributed by atoms with E-state index in [1.807, 2.05) is 6.07 Å². The maximum atomic E-state index is 12.9. The normalized spacial score (nSPS) is 10.4. The second kappa shape index (κ2) is 9.50. The minimum atomic E-state index is -0.197. The number of carbonyl (C=O) groups excluding carboxylic acids is 1. The molecule has 0 aliphatic carbocycles. The highest BCUT2D eigenvalue weighted by molar-refractivity contribution is 5.68. The SMILES string of the molecule is CCC(=O)OCCCCCNCc1cccc(F)c1.